The Hall–Kier alpha value is -4.45. The highest BCUT2D eigenvalue weighted by Gasteiger charge is 2.23. The maximum absolute atomic E-state index is 12.6. The first kappa shape index (κ1) is 19.5. The first-order chi connectivity index (χ1) is 15.6. The number of aryl methyl sites for hydroxylation is 1. The highest BCUT2D eigenvalue weighted by atomic mass is 16.5. The minimum absolute atomic E-state index is 0.219. The van der Waals surface area contributed by atoms with Gasteiger partial charge in [0.1, 0.15) is 17.3 Å². The van der Waals surface area contributed by atoms with Crippen molar-refractivity contribution in [2.75, 3.05) is 11.9 Å². The van der Waals surface area contributed by atoms with Crippen LogP contribution >= 0.6 is 0 Å². The third-order valence-electron chi connectivity index (χ3n) is 5.35. The van der Waals surface area contributed by atoms with Crippen LogP contribution in [0.15, 0.2) is 48.8 Å². The maximum Gasteiger partial charge on any atom is 0.320 e. The van der Waals surface area contributed by atoms with Crippen molar-refractivity contribution in [2.24, 2.45) is 0 Å². The van der Waals surface area contributed by atoms with Crippen molar-refractivity contribution in [1.29, 1.82) is 5.26 Å². The lowest BCUT2D eigenvalue weighted by Crippen LogP contribution is -2.35. The summed E-state index contributed by atoms with van der Waals surface area (Å²) in [5, 5.41) is 23.1. The molecular weight excluding hydrogens is 406 g/mol. The number of carbonyl (C=O) groups excluding carboxylic acids is 1. The standard InChI is InChI=1S/C23H19N7O2/c1-13-8-15(4-6-25-13)22-17-12-26-21(10-19(17)29-30-22)28-23(31)27-18-5-7-32-20-9-14(11-24)2-3-16(18)20/h2-4,6,8-10,12,18H,5,7H2,1H3,(H,29,30)(H2,26,27,28,31)/t18-/m1/s1. The Morgan fingerprint density at radius 2 is 2.16 bits per heavy atom. The van der Waals surface area contributed by atoms with Crippen molar-refractivity contribution >= 4 is 22.8 Å². The van der Waals surface area contributed by atoms with Crippen LogP contribution in [0.3, 0.4) is 0 Å². The minimum Gasteiger partial charge on any atom is -0.493 e. The Labute approximate surface area is 183 Å². The second kappa shape index (κ2) is 8.00. The number of nitrogens with one attached hydrogen (secondary N) is 3. The van der Waals surface area contributed by atoms with E-state index in [9.17, 15) is 4.79 Å². The fraction of sp³-hybridized carbons (Fsp3) is 0.174. The largest absolute Gasteiger partial charge is 0.493 e. The summed E-state index contributed by atoms with van der Waals surface area (Å²) in [6.45, 7) is 2.39. The van der Waals surface area contributed by atoms with E-state index in [1.165, 1.54) is 0 Å². The molecule has 9 nitrogen and oxygen atoms in total. The van der Waals surface area contributed by atoms with Crippen LogP contribution in [0.4, 0.5) is 10.6 Å². The Kier molecular flexibility index (Phi) is 4.88. The van der Waals surface area contributed by atoms with Crippen molar-refractivity contribution in [1.82, 2.24) is 25.5 Å². The summed E-state index contributed by atoms with van der Waals surface area (Å²) in [7, 11) is 0. The number of rotatable bonds is 3. The van der Waals surface area contributed by atoms with Crippen molar-refractivity contribution in [3.8, 4) is 23.1 Å². The monoisotopic (exact) mass is 425 g/mol. The number of pyridine rings is 2. The lowest BCUT2D eigenvalue weighted by atomic mass is 9.99. The summed E-state index contributed by atoms with van der Waals surface area (Å²) in [6, 6.07) is 12.3. The average Bonchev–Trinajstić information content (AvgIpc) is 3.22. The predicted octanol–water partition coefficient (Wildman–Crippen LogP) is 3.85. The highest BCUT2D eigenvalue weighted by Crippen LogP contribution is 2.33. The summed E-state index contributed by atoms with van der Waals surface area (Å²) in [5.74, 6) is 1.03. The normalized spacial score (nSPS) is 14.8. The van der Waals surface area contributed by atoms with E-state index in [-0.39, 0.29) is 12.1 Å². The number of hydrogen-bond acceptors (Lipinski definition) is 6. The number of carbonyl (C=O) groups is 1. The highest BCUT2D eigenvalue weighted by molar-refractivity contribution is 5.95. The number of nitriles is 1. The number of benzene rings is 1. The molecule has 0 radical (unpaired) electrons. The first-order valence-electron chi connectivity index (χ1n) is 10.1. The zero-order valence-corrected chi connectivity index (χ0v) is 17.2. The summed E-state index contributed by atoms with van der Waals surface area (Å²) < 4.78 is 5.64. The van der Waals surface area contributed by atoms with E-state index in [4.69, 9.17) is 10.00 Å². The van der Waals surface area contributed by atoms with Crippen molar-refractivity contribution in [3.05, 3.63) is 65.6 Å². The van der Waals surface area contributed by atoms with E-state index in [1.54, 1.807) is 30.6 Å². The molecule has 0 saturated carbocycles. The number of aromatic nitrogens is 4. The summed E-state index contributed by atoms with van der Waals surface area (Å²) in [5.41, 5.74) is 4.76. The van der Waals surface area contributed by atoms with Gasteiger partial charge in [-0.25, -0.2) is 9.78 Å². The summed E-state index contributed by atoms with van der Waals surface area (Å²) >= 11 is 0. The molecule has 3 N–H and O–H groups in total. The van der Waals surface area contributed by atoms with Crippen LogP contribution in [0.25, 0.3) is 22.2 Å². The molecule has 0 aliphatic carbocycles. The number of H-pyrrole nitrogens is 1. The van der Waals surface area contributed by atoms with Gasteiger partial charge in [0.05, 0.1) is 29.8 Å². The van der Waals surface area contributed by atoms with Crippen LogP contribution in [0.5, 0.6) is 5.75 Å². The minimum atomic E-state index is -0.372. The van der Waals surface area contributed by atoms with Gasteiger partial charge in [0.15, 0.2) is 0 Å². The van der Waals surface area contributed by atoms with Crippen LogP contribution in [0.1, 0.15) is 29.3 Å². The van der Waals surface area contributed by atoms with E-state index >= 15 is 0 Å². The van der Waals surface area contributed by atoms with Gasteiger partial charge >= 0.3 is 6.03 Å². The molecule has 0 spiro atoms. The van der Waals surface area contributed by atoms with E-state index in [0.29, 0.717) is 30.2 Å². The second-order valence-electron chi connectivity index (χ2n) is 7.53. The molecule has 1 atom stereocenters. The van der Waals surface area contributed by atoms with Crippen molar-refractivity contribution in [2.45, 2.75) is 19.4 Å². The lowest BCUT2D eigenvalue weighted by Gasteiger charge is -2.26. The SMILES string of the molecule is Cc1cc(-c2n[nH]c3cc(NC(=O)N[C@@H]4CCOc5cc(C#N)ccc54)ncc23)ccn1. The number of nitrogens with zero attached hydrogens (tertiary/aromatic N) is 4. The molecule has 0 saturated heterocycles. The van der Waals surface area contributed by atoms with E-state index < -0.39 is 0 Å². The quantitative estimate of drug-likeness (QED) is 0.457. The summed E-state index contributed by atoms with van der Waals surface area (Å²) in [6.07, 6.45) is 4.06. The molecule has 5 rings (SSSR count). The molecule has 1 aromatic carbocycles. The van der Waals surface area contributed by atoms with Crippen LogP contribution in [0.2, 0.25) is 0 Å². The first-order valence-corrected chi connectivity index (χ1v) is 10.1. The topological polar surface area (TPSA) is 129 Å². The second-order valence-corrected chi connectivity index (χ2v) is 7.53. The van der Waals surface area contributed by atoms with Gasteiger partial charge in [-0.15, -0.1) is 0 Å². The van der Waals surface area contributed by atoms with E-state index in [1.807, 2.05) is 25.1 Å². The third kappa shape index (κ3) is 3.70. The number of amides is 2. The zero-order chi connectivity index (χ0) is 22.1. The molecule has 0 fully saturated rings. The average molecular weight is 425 g/mol. The Bertz CT molecular complexity index is 1370. The Balaban J connectivity index is 1.32. The molecule has 9 heteroatoms. The molecule has 158 valence electrons. The summed E-state index contributed by atoms with van der Waals surface area (Å²) in [4.78, 5) is 21.2. The van der Waals surface area contributed by atoms with Gasteiger partial charge in [-0.05, 0) is 31.2 Å². The number of anilines is 1. The van der Waals surface area contributed by atoms with Gasteiger partial charge in [-0.3, -0.25) is 15.4 Å². The maximum atomic E-state index is 12.6. The number of aromatic amines is 1. The van der Waals surface area contributed by atoms with E-state index in [0.717, 1.165) is 33.4 Å². The molecule has 4 heterocycles. The molecule has 2 amide bonds. The Morgan fingerprint density at radius 3 is 3.00 bits per heavy atom. The van der Waals surface area contributed by atoms with Gasteiger partial charge < -0.3 is 10.1 Å². The zero-order valence-electron chi connectivity index (χ0n) is 17.2. The van der Waals surface area contributed by atoms with Crippen molar-refractivity contribution in [3.63, 3.8) is 0 Å². The third-order valence-corrected chi connectivity index (χ3v) is 5.35. The van der Waals surface area contributed by atoms with Gasteiger partial charge in [0, 0.05) is 47.1 Å². The van der Waals surface area contributed by atoms with Gasteiger partial charge in [-0.2, -0.15) is 10.4 Å². The smallest absolute Gasteiger partial charge is 0.320 e. The molecular formula is C23H19N7O2. The number of hydrogen-bond donors (Lipinski definition) is 3. The van der Waals surface area contributed by atoms with Crippen LogP contribution in [-0.4, -0.2) is 32.8 Å². The van der Waals surface area contributed by atoms with Gasteiger partial charge in [-0.1, -0.05) is 6.07 Å². The number of urea groups is 1. The van der Waals surface area contributed by atoms with Crippen LogP contribution in [-0.2, 0) is 0 Å². The fourth-order valence-corrected chi connectivity index (χ4v) is 3.81. The van der Waals surface area contributed by atoms with Crippen LogP contribution in [0, 0.1) is 18.3 Å². The fourth-order valence-electron chi connectivity index (χ4n) is 3.81. The molecule has 3 aromatic heterocycles. The number of ether oxygens (including phenoxy) is 1. The lowest BCUT2D eigenvalue weighted by molar-refractivity contribution is 0.232. The molecule has 1 aliphatic heterocycles. The van der Waals surface area contributed by atoms with Gasteiger partial charge in [0.25, 0.3) is 0 Å². The molecule has 4 aromatic rings. The Morgan fingerprint density at radius 1 is 1.25 bits per heavy atom. The molecule has 1 aliphatic rings. The molecule has 0 bridgehead atoms. The van der Waals surface area contributed by atoms with Crippen LogP contribution < -0.4 is 15.4 Å². The predicted molar refractivity (Wildman–Crippen MR) is 118 cm³/mol. The molecule has 0 unspecified atom stereocenters. The van der Waals surface area contributed by atoms with Gasteiger partial charge in [0.2, 0.25) is 0 Å². The molecule has 32 heavy (non-hydrogen) atoms. The van der Waals surface area contributed by atoms with Crippen molar-refractivity contribution < 1.29 is 9.53 Å². The van der Waals surface area contributed by atoms with E-state index in [2.05, 4.69) is 36.9 Å². The number of fused-ring (bicyclic) bond motifs is 2.